The van der Waals surface area contributed by atoms with Gasteiger partial charge in [-0.05, 0) is 25.2 Å². The van der Waals surface area contributed by atoms with Gasteiger partial charge in [0.25, 0.3) is 0 Å². The summed E-state index contributed by atoms with van der Waals surface area (Å²) in [5, 5.41) is 12.1. The summed E-state index contributed by atoms with van der Waals surface area (Å²) < 4.78 is 5.34. The average molecular weight is 255 g/mol. The Bertz CT molecular complexity index is 322. The Morgan fingerprint density at radius 1 is 1.50 bits per heavy atom. The molecule has 1 aliphatic heterocycles. The van der Waals surface area contributed by atoms with Crippen molar-refractivity contribution < 1.29 is 14.6 Å². The molecule has 1 heterocycles. The Morgan fingerprint density at radius 2 is 2.17 bits per heavy atom. The Labute approximate surface area is 109 Å². The van der Waals surface area contributed by atoms with Crippen molar-refractivity contribution in [1.29, 1.82) is 0 Å². The molecule has 104 valence electrons. The van der Waals surface area contributed by atoms with Crippen molar-refractivity contribution in [3.05, 3.63) is 11.6 Å². The number of hydrogen-bond donors (Lipinski definition) is 2. The van der Waals surface area contributed by atoms with Crippen LogP contribution in [0.4, 0.5) is 0 Å². The van der Waals surface area contributed by atoms with Gasteiger partial charge in [0.2, 0.25) is 5.91 Å². The van der Waals surface area contributed by atoms with E-state index in [2.05, 4.69) is 26.1 Å². The molecule has 0 aromatic heterocycles. The predicted molar refractivity (Wildman–Crippen MR) is 71.2 cm³/mol. The first-order valence-electron chi connectivity index (χ1n) is 6.49. The van der Waals surface area contributed by atoms with Crippen LogP contribution in [0.2, 0.25) is 0 Å². The van der Waals surface area contributed by atoms with Crippen molar-refractivity contribution in [2.75, 3.05) is 19.8 Å². The maximum absolute atomic E-state index is 12.0. The first kappa shape index (κ1) is 15.2. The maximum Gasteiger partial charge on any atom is 0.244 e. The SMILES string of the molecule is C/C(=C/C(=O)N[C@@]1(CCO)CCOC1)C(C)(C)C. The normalized spacial score (nSPS) is 25.3. The summed E-state index contributed by atoms with van der Waals surface area (Å²) in [5.41, 5.74) is 0.645. The molecular formula is C14H25NO3. The molecule has 18 heavy (non-hydrogen) atoms. The number of amides is 1. The molecule has 1 rings (SSSR count). The first-order valence-corrected chi connectivity index (χ1v) is 6.49. The monoisotopic (exact) mass is 255 g/mol. The average Bonchev–Trinajstić information content (AvgIpc) is 2.65. The highest BCUT2D eigenvalue weighted by molar-refractivity contribution is 5.89. The quantitative estimate of drug-likeness (QED) is 0.751. The van der Waals surface area contributed by atoms with E-state index in [1.807, 2.05) is 6.92 Å². The molecule has 4 heteroatoms. The minimum Gasteiger partial charge on any atom is -0.396 e. The third kappa shape index (κ3) is 4.10. The van der Waals surface area contributed by atoms with Gasteiger partial charge in [0.15, 0.2) is 0 Å². The summed E-state index contributed by atoms with van der Waals surface area (Å²) in [7, 11) is 0. The fourth-order valence-electron chi connectivity index (χ4n) is 1.89. The lowest BCUT2D eigenvalue weighted by Gasteiger charge is -2.28. The summed E-state index contributed by atoms with van der Waals surface area (Å²) in [6.45, 7) is 9.38. The van der Waals surface area contributed by atoms with Gasteiger partial charge in [-0.3, -0.25) is 4.79 Å². The maximum atomic E-state index is 12.0. The summed E-state index contributed by atoms with van der Waals surface area (Å²) in [4.78, 5) is 12.0. The van der Waals surface area contributed by atoms with E-state index in [4.69, 9.17) is 9.84 Å². The van der Waals surface area contributed by atoms with Gasteiger partial charge in [0.1, 0.15) is 0 Å². The molecule has 0 bridgehead atoms. The summed E-state index contributed by atoms with van der Waals surface area (Å²) in [5.74, 6) is -0.0959. The smallest absolute Gasteiger partial charge is 0.244 e. The highest BCUT2D eigenvalue weighted by Crippen LogP contribution is 2.25. The zero-order valence-electron chi connectivity index (χ0n) is 11.9. The van der Waals surface area contributed by atoms with Crippen LogP contribution in [0.1, 0.15) is 40.5 Å². The lowest BCUT2D eigenvalue weighted by Crippen LogP contribution is -2.49. The van der Waals surface area contributed by atoms with Crippen LogP contribution in [0.3, 0.4) is 0 Å². The van der Waals surface area contributed by atoms with E-state index in [1.54, 1.807) is 6.08 Å². The van der Waals surface area contributed by atoms with Crippen LogP contribution in [0.15, 0.2) is 11.6 Å². The highest BCUT2D eigenvalue weighted by atomic mass is 16.5. The first-order chi connectivity index (χ1) is 8.29. The van der Waals surface area contributed by atoms with Crippen molar-refractivity contribution in [3.63, 3.8) is 0 Å². The Kier molecular flexibility index (Phi) is 4.93. The van der Waals surface area contributed by atoms with Gasteiger partial charge < -0.3 is 15.2 Å². The van der Waals surface area contributed by atoms with Crippen LogP contribution in [0.25, 0.3) is 0 Å². The molecule has 0 aliphatic carbocycles. The number of hydrogen-bond acceptors (Lipinski definition) is 3. The van der Waals surface area contributed by atoms with Crippen LogP contribution in [-0.2, 0) is 9.53 Å². The molecule has 1 atom stereocenters. The molecule has 0 aromatic carbocycles. The van der Waals surface area contributed by atoms with Gasteiger partial charge in [0.05, 0.1) is 12.1 Å². The molecule has 4 nitrogen and oxygen atoms in total. The molecule has 0 unspecified atom stereocenters. The predicted octanol–water partition coefficient (Wildman–Crippen LogP) is 1.64. The number of allylic oxidation sites excluding steroid dienone is 1. The Hall–Kier alpha value is -0.870. The molecule has 0 aromatic rings. The second-order valence-corrected chi connectivity index (χ2v) is 6.12. The van der Waals surface area contributed by atoms with Gasteiger partial charge in [-0.15, -0.1) is 0 Å². The van der Waals surface area contributed by atoms with Crippen LogP contribution in [0.5, 0.6) is 0 Å². The molecule has 1 amide bonds. The molecule has 1 saturated heterocycles. The van der Waals surface area contributed by atoms with Crippen LogP contribution in [0, 0.1) is 5.41 Å². The van der Waals surface area contributed by atoms with E-state index < -0.39 is 0 Å². The highest BCUT2D eigenvalue weighted by Gasteiger charge is 2.35. The van der Waals surface area contributed by atoms with E-state index in [-0.39, 0.29) is 23.5 Å². The van der Waals surface area contributed by atoms with Crippen molar-refractivity contribution >= 4 is 5.91 Å². The zero-order valence-corrected chi connectivity index (χ0v) is 11.9. The third-order valence-corrected chi connectivity index (χ3v) is 3.61. The lowest BCUT2D eigenvalue weighted by atomic mass is 9.87. The Balaban J connectivity index is 2.68. The molecule has 0 saturated carbocycles. The molecule has 1 aliphatic rings. The molecule has 0 spiro atoms. The van der Waals surface area contributed by atoms with Gasteiger partial charge in [-0.1, -0.05) is 26.3 Å². The van der Waals surface area contributed by atoms with Gasteiger partial charge in [-0.25, -0.2) is 0 Å². The Morgan fingerprint density at radius 3 is 2.61 bits per heavy atom. The fraction of sp³-hybridized carbons (Fsp3) is 0.786. The second kappa shape index (κ2) is 5.85. The number of nitrogens with one attached hydrogen (secondary N) is 1. The van der Waals surface area contributed by atoms with Crippen molar-refractivity contribution in [1.82, 2.24) is 5.32 Å². The minimum absolute atomic E-state index is 0.00629. The van der Waals surface area contributed by atoms with Crippen molar-refractivity contribution in [3.8, 4) is 0 Å². The van der Waals surface area contributed by atoms with Crippen molar-refractivity contribution in [2.45, 2.75) is 46.1 Å². The topological polar surface area (TPSA) is 58.6 Å². The van der Waals surface area contributed by atoms with Gasteiger partial charge in [-0.2, -0.15) is 0 Å². The van der Waals surface area contributed by atoms with Gasteiger partial charge in [0, 0.05) is 19.3 Å². The number of aliphatic hydroxyl groups excluding tert-OH is 1. The van der Waals surface area contributed by atoms with E-state index in [0.29, 0.717) is 19.6 Å². The standard InChI is InChI=1S/C14H25NO3/c1-11(13(2,3)4)9-12(17)15-14(5-7-16)6-8-18-10-14/h9,16H,5-8,10H2,1-4H3,(H,15,17)/b11-9-/t14-/m0/s1. The third-order valence-electron chi connectivity index (χ3n) is 3.61. The molecule has 2 N–H and O–H groups in total. The van der Waals surface area contributed by atoms with Gasteiger partial charge >= 0.3 is 0 Å². The summed E-state index contributed by atoms with van der Waals surface area (Å²) in [6.07, 6.45) is 2.96. The molecular weight excluding hydrogens is 230 g/mol. The lowest BCUT2D eigenvalue weighted by molar-refractivity contribution is -0.118. The van der Waals surface area contributed by atoms with E-state index in [0.717, 1.165) is 12.0 Å². The summed E-state index contributed by atoms with van der Waals surface area (Å²) in [6, 6.07) is 0. The van der Waals surface area contributed by atoms with E-state index in [9.17, 15) is 4.79 Å². The van der Waals surface area contributed by atoms with Crippen molar-refractivity contribution in [2.24, 2.45) is 5.41 Å². The number of carbonyl (C=O) groups is 1. The van der Waals surface area contributed by atoms with E-state index >= 15 is 0 Å². The summed E-state index contributed by atoms with van der Waals surface area (Å²) >= 11 is 0. The number of aliphatic hydroxyl groups is 1. The van der Waals surface area contributed by atoms with Crippen LogP contribution in [-0.4, -0.2) is 36.4 Å². The fourth-order valence-corrected chi connectivity index (χ4v) is 1.89. The zero-order chi connectivity index (χ0) is 13.8. The molecule has 1 fully saturated rings. The minimum atomic E-state index is -0.388. The largest absolute Gasteiger partial charge is 0.396 e. The van der Waals surface area contributed by atoms with E-state index in [1.165, 1.54) is 0 Å². The molecule has 0 radical (unpaired) electrons. The number of ether oxygens (including phenoxy) is 1. The van der Waals surface area contributed by atoms with Crippen LogP contribution >= 0.6 is 0 Å². The van der Waals surface area contributed by atoms with Crippen LogP contribution < -0.4 is 5.32 Å². The number of carbonyl (C=O) groups excluding carboxylic acids is 1. The number of rotatable bonds is 4. The second-order valence-electron chi connectivity index (χ2n) is 6.12.